The third-order valence-electron chi connectivity index (χ3n) is 3.64. The fourth-order valence-corrected chi connectivity index (χ4v) is 2.53. The van der Waals surface area contributed by atoms with Crippen LogP contribution >= 0.6 is 11.6 Å². The minimum atomic E-state index is -0.585. The molecule has 2 rings (SSSR count). The summed E-state index contributed by atoms with van der Waals surface area (Å²) in [6.07, 6.45) is 3.12. The van der Waals surface area contributed by atoms with E-state index in [0.29, 0.717) is 10.6 Å². The lowest BCUT2D eigenvalue weighted by Crippen LogP contribution is -2.08. The number of aromatic hydroxyl groups is 1. The van der Waals surface area contributed by atoms with Crippen molar-refractivity contribution in [1.82, 2.24) is 0 Å². The number of halogens is 1. The van der Waals surface area contributed by atoms with Crippen LogP contribution in [0.2, 0.25) is 5.02 Å². The molecule has 1 N–H and O–H groups in total. The smallest absolute Gasteiger partial charge is 0.235 e. The Morgan fingerprint density at radius 2 is 1.82 bits per heavy atom. The highest BCUT2D eigenvalue weighted by Crippen LogP contribution is 2.55. The first-order valence-corrected chi connectivity index (χ1v) is 5.90. The molecule has 4 heteroatoms. The van der Waals surface area contributed by atoms with E-state index in [-0.39, 0.29) is 5.75 Å². The Morgan fingerprint density at radius 3 is 2.29 bits per heavy atom. The maximum absolute atomic E-state index is 10.5. The number of phenols is 1. The molecule has 0 atom stereocenters. The van der Waals surface area contributed by atoms with Gasteiger partial charge in [0.1, 0.15) is 11.3 Å². The average Bonchev–Trinajstić information content (AvgIpc) is 3.05. The number of hydrogen-bond acceptors (Lipinski definition) is 3. The van der Waals surface area contributed by atoms with E-state index in [2.05, 4.69) is 4.99 Å². The van der Waals surface area contributed by atoms with Gasteiger partial charge in [0.05, 0.1) is 0 Å². The van der Waals surface area contributed by atoms with Crippen molar-refractivity contribution in [2.24, 2.45) is 4.99 Å². The van der Waals surface area contributed by atoms with Crippen molar-refractivity contribution in [2.45, 2.75) is 39.2 Å². The van der Waals surface area contributed by atoms with Crippen LogP contribution in [0, 0.1) is 20.8 Å². The largest absolute Gasteiger partial charge is 0.507 e. The van der Waals surface area contributed by atoms with E-state index in [1.165, 1.54) is 0 Å². The Hall–Kier alpha value is -1.31. The lowest BCUT2D eigenvalue weighted by atomic mass is 9.93. The molecular weight excluding hydrogens is 238 g/mol. The second-order valence-corrected chi connectivity index (χ2v) is 5.03. The molecule has 90 valence electrons. The molecule has 0 radical (unpaired) electrons. The fraction of sp³-hybridized carbons (Fsp3) is 0.462. The molecule has 17 heavy (non-hydrogen) atoms. The van der Waals surface area contributed by atoms with E-state index in [0.717, 1.165) is 29.5 Å². The molecule has 3 nitrogen and oxygen atoms in total. The molecule has 1 aromatic rings. The van der Waals surface area contributed by atoms with Gasteiger partial charge < -0.3 is 5.11 Å². The highest BCUT2D eigenvalue weighted by atomic mass is 35.5. The van der Waals surface area contributed by atoms with E-state index >= 15 is 0 Å². The van der Waals surface area contributed by atoms with Crippen molar-refractivity contribution in [3.63, 3.8) is 0 Å². The summed E-state index contributed by atoms with van der Waals surface area (Å²) in [6, 6.07) is 0. The second-order valence-electron chi connectivity index (χ2n) is 4.65. The molecule has 0 amide bonds. The van der Waals surface area contributed by atoms with Crippen LogP contribution in [0.4, 0.5) is 0 Å². The quantitative estimate of drug-likeness (QED) is 0.648. The van der Waals surface area contributed by atoms with Crippen LogP contribution in [-0.2, 0) is 10.3 Å². The van der Waals surface area contributed by atoms with Crippen LogP contribution in [0.25, 0.3) is 0 Å². The van der Waals surface area contributed by atoms with Gasteiger partial charge in [-0.15, -0.1) is 0 Å². The van der Waals surface area contributed by atoms with Gasteiger partial charge >= 0.3 is 0 Å². The third kappa shape index (κ3) is 1.67. The van der Waals surface area contributed by atoms with Crippen LogP contribution in [0.3, 0.4) is 0 Å². The van der Waals surface area contributed by atoms with Gasteiger partial charge in [-0.1, -0.05) is 11.6 Å². The van der Waals surface area contributed by atoms with Gasteiger partial charge in [-0.3, -0.25) is 0 Å². The van der Waals surface area contributed by atoms with Crippen molar-refractivity contribution in [1.29, 1.82) is 0 Å². The number of benzene rings is 1. The summed E-state index contributed by atoms with van der Waals surface area (Å²) in [6.45, 7) is 5.54. The van der Waals surface area contributed by atoms with E-state index in [1.807, 2.05) is 20.8 Å². The van der Waals surface area contributed by atoms with E-state index in [1.54, 1.807) is 6.08 Å². The van der Waals surface area contributed by atoms with Gasteiger partial charge in [0.2, 0.25) is 6.08 Å². The highest BCUT2D eigenvalue weighted by Gasteiger charge is 2.48. The zero-order valence-corrected chi connectivity index (χ0v) is 10.9. The highest BCUT2D eigenvalue weighted by molar-refractivity contribution is 6.32. The molecule has 1 saturated carbocycles. The molecule has 1 aromatic carbocycles. The molecule has 0 aromatic heterocycles. The number of phenolic OH excluding ortho intramolecular Hbond substituents is 1. The van der Waals surface area contributed by atoms with E-state index in [9.17, 15) is 9.90 Å². The molecule has 0 unspecified atom stereocenters. The van der Waals surface area contributed by atoms with E-state index in [4.69, 9.17) is 11.6 Å². The summed E-state index contributed by atoms with van der Waals surface area (Å²) in [5.41, 5.74) is 2.54. The topological polar surface area (TPSA) is 49.7 Å². The van der Waals surface area contributed by atoms with Gasteiger partial charge in [-0.2, -0.15) is 4.99 Å². The SMILES string of the molecule is Cc1c(C)c(Cl)c(C)c(C2(N=C=O)CC2)c1O. The second kappa shape index (κ2) is 3.86. The maximum atomic E-state index is 10.5. The first-order valence-electron chi connectivity index (χ1n) is 5.52. The van der Waals surface area contributed by atoms with Gasteiger partial charge in [0.25, 0.3) is 0 Å². The maximum Gasteiger partial charge on any atom is 0.235 e. The first-order chi connectivity index (χ1) is 7.94. The third-order valence-corrected chi connectivity index (χ3v) is 4.20. The van der Waals surface area contributed by atoms with Crippen LogP contribution in [0.15, 0.2) is 4.99 Å². The van der Waals surface area contributed by atoms with E-state index < -0.39 is 5.54 Å². The van der Waals surface area contributed by atoms with Crippen LogP contribution in [-0.4, -0.2) is 11.2 Å². The Balaban J connectivity index is 2.75. The molecule has 0 heterocycles. The minimum absolute atomic E-state index is 0.209. The molecule has 0 saturated heterocycles. The van der Waals surface area contributed by atoms with Crippen molar-refractivity contribution in [3.8, 4) is 5.75 Å². The number of isocyanates is 1. The number of aliphatic imine (C=N–C) groups is 1. The molecule has 0 spiro atoms. The van der Waals surface area contributed by atoms with Crippen LogP contribution in [0.5, 0.6) is 5.75 Å². The molecule has 0 bridgehead atoms. The molecule has 1 aliphatic carbocycles. The summed E-state index contributed by atoms with van der Waals surface area (Å²) in [5.74, 6) is 0.209. The lowest BCUT2D eigenvalue weighted by molar-refractivity contribution is 0.453. The zero-order valence-electron chi connectivity index (χ0n) is 10.1. The summed E-state index contributed by atoms with van der Waals surface area (Å²) in [7, 11) is 0. The molecular formula is C13H14ClNO2. The first kappa shape index (κ1) is 12.2. The summed E-state index contributed by atoms with van der Waals surface area (Å²) < 4.78 is 0. The summed E-state index contributed by atoms with van der Waals surface area (Å²) >= 11 is 6.24. The van der Waals surface area contributed by atoms with Gasteiger partial charge in [-0.25, -0.2) is 4.79 Å². The number of rotatable bonds is 2. The Morgan fingerprint density at radius 1 is 1.24 bits per heavy atom. The number of hydrogen-bond donors (Lipinski definition) is 1. The minimum Gasteiger partial charge on any atom is -0.507 e. The Kier molecular flexibility index (Phi) is 2.76. The van der Waals surface area contributed by atoms with Gasteiger partial charge in [0.15, 0.2) is 0 Å². The predicted molar refractivity (Wildman–Crippen MR) is 66.4 cm³/mol. The summed E-state index contributed by atoms with van der Waals surface area (Å²) in [4.78, 5) is 14.3. The van der Waals surface area contributed by atoms with Crippen molar-refractivity contribution >= 4 is 17.7 Å². The number of nitrogens with zero attached hydrogens (tertiary/aromatic N) is 1. The Labute approximate surface area is 105 Å². The van der Waals surface area contributed by atoms with Crippen LogP contribution < -0.4 is 0 Å². The molecule has 0 aliphatic heterocycles. The zero-order chi connectivity index (χ0) is 12.8. The monoisotopic (exact) mass is 251 g/mol. The molecule has 1 aliphatic rings. The van der Waals surface area contributed by atoms with Crippen LogP contribution in [0.1, 0.15) is 35.1 Å². The fourth-order valence-electron chi connectivity index (χ4n) is 2.29. The predicted octanol–water partition coefficient (Wildman–Crippen LogP) is 3.30. The van der Waals surface area contributed by atoms with Crippen molar-refractivity contribution < 1.29 is 9.90 Å². The lowest BCUT2D eigenvalue weighted by Gasteiger charge is -2.19. The normalized spacial score (nSPS) is 16.5. The number of carbonyl (C=O) groups excluding carboxylic acids is 1. The Bertz CT molecular complexity index is 512. The van der Waals surface area contributed by atoms with Gasteiger partial charge in [-0.05, 0) is 50.3 Å². The van der Waals surface area contributed by atoms with Gasteiger partial charge in [0, 0.05) is 10.6 Å². The summed E-state index contributed by atoms with van der Waals surface area (Å²) in [5, 5.41) is 10.9. The van der Waals surface area contributed by atoms with Crippen molar-refractivity contribution in [2.75, 3.05) is 0 Å². The standard InChI is InChI=1S/C13H14ClNO2/c1-7-8(2)12(17)10(9(3)11(7)14)13(4-5-13)15-6-16/h17H,4-5H2,1-3H3. The van der Waals surface area contributed by atoms with Crippen molar-refractivity contribution in [3.05, 3.63) is 27.3 Å². The average molecular weight is 252 g/mol. The molecule has 1 fully saturated rings.